The van der Waals surface area contributed by atoms with Crippen LogP contribution >= 0.6 is 0 Å². The molecule has 0 heterocycles. The molecule has 0 aromatic heterocycles. The van der Waals surface area contributed by atoms with Crippen LogP contribution in [0.15, 0.2) is 18.2 Å². The van der Waals surface area contributed by atoms with Gasteiger partial charge < -0.3 is 14.8 Å². The molecule has 118 valence electrons. The zero-order chi connectivity index (χ0) is 15.2. The van der Waals surface area contributed by atoms with Gasteiger partial charge in [-0.15, -0.1) is 0 Å². The third-order valence-electron chi connectivity index (χ3n) is 4.49. The minimum Gasteiger partial charge on any atom is -0.493 e. The predicted octanol–water partition coefficient (Wildman–Crippen LogP) is 4.72. The second-order valence-electron chi connectivity index (χ2n) is 6.31. The number of ether oxygens (including phenoxy) is 2. The average Bonchev–Trinajstić information content (AvgIpc) is 2.49. The van der Waals surface area contributed by atoms with Crippen molar-refractivity contribution in [2.24, 2.45) is 11.8 Å². The van der Waals surface area contributed by atoms with E-state index >= 15 is 0 Å². The zero-order valence-corrected chi connectivity index (χ0v) is 13.8. The van der Waals surface area contributed by atoms with E-state index in [1.165, 1.54) is 25.7 Å². The molecule has 2 unspecified atom stereocenters. The molecule has 2 rings (SSSR count). The Bertz CT molecular complexity index is 445. The van der Waals surface area contributed by atoms with E-state index in [1.54, 1.807) is 7.11 Å². The van der Waals surface area contributed by atoms with Crippen LogP contribution in [0.4, 0.5) is 5.69 Å². The largest absolute Gasteiger partial charge is 0.493 e. The minimum atomic E-state index is 0.578. The highest BCUT2D eigenvalue weighted by molar-refractivity contribution is 5.55. The Balaban J connectivity index is 2.02. The number of rotatable bonds is 6. The molecule has 21 heavy (non-hydrogen) atoms. The first-order valence-corrected chi connectivity index (χ1v) is 8.21. The summed E-state index contributed by atoms with van der Waals surface area (Å²) < 4.78 is 11.0. The summed E-state index contributed by atoms with van der Waals surface area (Å²) in [5.41, 5.74) is 1.13. The highest BCUT2D eigenvalue weighted by Gasteiger charge is 2.24. The van der Waals surface area contributed by atoms with E-state index in [9.17, 15) is 0 Å². The van der Waals surface area contributed by atoms with Gasteiger partial charge in [0, 0.05) is 17.8 Å². The fraction of sp³-hybridized carbons (Fsp3) is 0.667. The standard InChI is InChI=1S/C18H29NO2/c1-5-21-17-10-9-16(12-18(17)20-4)19-15-8-6-7-14(11-15)13(2)3/h9-10,12-15,19H,5-8,11H2,1-4H3. The Morgan fingerprint density at radius 1 is 1.24 bits per heavy atom. The SMILES string of the molecule is CCOc1ccc(NC2CCCC(C(C)C)C2)cc1OC. The summed E-state index contributed by atoms with van der Waals surface area (Å²) in [4.78, 5) is 0. The molecule has 1 N–H and O–H groups in total. The zero-order valence-electron chi connectivity index (χ0n) is 13.8. The second-order valence-corrected chi connectivity index (χ2v) is 6.31. The van der Waals surface area contributed by atoms with Crippen molar-refractivity contribution in [2.75, 3.05) is 19.0 Å². The predicted molar refractivity (Wildman–Crippen MR) is 88.4 cm³/mol. The Hall–Kier alpha value is -1.38. The van der Waals surface area contributed by atoms with Gasteiger partial charge in [-0.1, -0.05) is 26.7 Å². The van der Waals surface area contributed by atoms with Crippen molar-refractivity contribution in [3.8, 4) is 11.5 Å². The molecule has 1 aliphatic carbocycles. The van der Waals surface area contributed by atoms with Crippen LogP contribution in [0.25, 0.3) is 0 Å². The maximum absolute atomic E-state index is 5.57. The number of methoxy groups -OCH3 is 1. The molecule has 2 atom stereocenters. The molecule has 1 aromatic carbocycles. The quantitative estimate of drug-likeness (QED) is 0.822. The summed E-state index contributed by atoms with van der Waals surface area (Å²) in [6, 6.07) is 6.71. The maximum atomic E-state index is 5.57. The number of anilines is 1. The van der Waals surface area contributed by atoms with E-state index in [-0.39, 0.29) is 0 Å². The molecule has 0 aliphatic heterocycles. The van der Waals surface area contributed by atoms with Crippen LogP contribution in [0.5, 0.6) is 11.5 Å². The first-order chi connectivity index (χ1) is 10.1. The fourth-order valence-corrected chi connectivity index (χ4v) is 3.23. The van der Waals surface area contributed by atoms with Gasteiger partial charge in [0.15, 0.2) is 11.5 Å². The van der Waals surface area contributed by atoms with Crippen LogP contribution in [0.1, 0.15) is 46.5 Å². The lowest BCUT2D eigenvalue weighted by molar-refractivity contribution is 0.264. The van der Waals surface area contributed by atoms with Gasteiger partial charge in [-0.2, -0.15) is 0 Å². The van der Waals surface area contributed by atoms with Crippen LogP contribution < -0.4 is 14.8 Å². The molecule has 3 nitrogen and oxygen atoms in total. The van der Waals surface area contributed by atoms with Gasteiger partial charge in [-0.05, 0) is 43.7 Å². The van der Waals surface area contributed by atoms with E-state index in [2.05, 4.69) is 25.2 Å². The van der Waals surface area contributed by atoms with Gasteiger partial charge in [-0.25, -0.2) is 0 Å². The second kappa shape index (κ2) is 7.58. The lowest BCUT2D eigenvalue weighted by Gasteiger charge is -2.32. The number of benzene rings is 1. The maximum Gasteiger partial charge on any atom is 0.162 e. The average molecular weight is 291 g/mol. The van der Waals surface area contributed by atoms with Crippen molar-refractivity contribution in [2.45, 2.75) is 52.5 Å². The lowest BCUT2D eigenvalue weighted by Crippen LogP contribution is -2.29. The summed E-state index contributed by atoms with van der Waals surface area (Å²) in [6.45, 7) is 7.32. The van der Waals surface area contributed by atoms with E-state index in [1.807, 2.05) is 19.1 Å². The highest BCUT2D eigenvalue weighted by Crippen LogP contribution is 2.34. The van der Waals surface area contributed by atoms with Crippen molar-refractivity contribution in [1.29, 1.82) is 0 Å². The van der Waals surface area contributed by atoms with E-state index < -0.39 is 0 Å². The van der Waals surface area contributed by atoms with Crippen molar-refractivity contribution >= 4 is 5.69 Å². The number of hydrogen-bond acceptors (Lipinski definition) is 3. The van der Waals surface area contributed by atoms with Crippen LogP contribution in [0.2, 0.25) is 0 Å². The monoisotopic (exact) mass is 291 g/mol. The van der Waals surface area contributed by atoms with Crippen LogP contribution in [0.3, 0.4) is 0 Å². The Kier molecular flexibility index (Phi) is 5.77. The molecule has 3 heteroatoms. The van der Waals surface area contributed by atoms with Crippen molar-refractivity contribution in [3.63, 3.8) is 0 Å². The Morgan fingerprint density at radius 3 is 2.71 bits per heavy atom. The normalized spacial score (nSPS) is 22.1. The molecular weight excluding hydrogens is 262 g/mol. The molecule has 1 aliphatic rings. The summed E-state index contributed by atoms with van der Waals surface area (Å²) in [7, 11) is 1.69. The molecule has 0 saturated heterocycles. The summed E-state index contributed by atoms with van der Waals surface area (Å²) in [6.07, 6.45) is 5.24. The Morgan fingerprint density at radius 2 is 2.05 bits per heavy atom. The van der Waals surface area contributed by atoms with Gasteiger partial charge in [0.05, 0.1) is 13.7 Å². The highest BCUT2D eigenvalue weighted by atomic mass is 16.5. The van der Waals surface area contributed by atoms with Gasteiger partial charge >= 0.3 is 0 Å². The molecule has 0 spiro atoms. The third kappa shape index (κ3) is 4.29. The molecule has 0 radical (unpaired) electrons. The summed E-state index contributed by atoms with van der Waals surface area (Å²) >= 11 is 0. The molecule has 0 bridgehead atoms. The first-order valence-electron chi connectivity index (χ1n) is 8.21. The topological polar surface area (TPSA) is 30.5 Å². The van der Waals surface area contributed by atoms with Gasteiger partial charge in [-0.3, -0.25) is 0 Å². The Labute approximate surface area is 129 Å². The number of hydrogen-bond donors (Lipinski definition) is 1. The van der Waals surface area contributed by atoms with Crippen LogP contribution in [-0.4, -0.2) is 19.8 Å². The van der Waals surface area contributed by atoms with Crippen LogP contribution in [-0.2, 0) is 0 Å². The molecular formula is C18H29NO2. The molecule has 1 fully saturated rings. The lowest BCUT2D eigenvalue weighted by atomic mass is 9.79. The van der Waals surface area contributed by atoms with Crippen molar-refractivity contribution < 1.29 is 9.47 Å². The van der Waals surface area contributed by atoms with Gasteiger partial charge in [0.1, 0.15) is 0 Å². The van der Waals surface area contributed by atoms with Gasteiger partial charge in [0.25, 0.3) is 0 Å². The van der Waals surface area contributed by atoms with Gasteiger partial charge in [0.2, 0.25) is 0 Å². The summed E-state index contributed by atoms with van der Waals surface area (Å²) in [5.74, 6) is 3.25. The molecule has 1 saturated carbocycles. The smallest absolute Gasteiger partial charge is 0.162 e. The summed E-state index contributed by atoms with van der Waals surface area (Å²) in [5, 5.41) is 3.67. The van der Waals surface area contributed by atoms with E-state index in [0.717, 1.165) is 29.0 Å². The van der Waals surface area contributed by atoms with E-state index in [4.69, 9.17) is 9.47 Å². The van der Waals surface area contributed by atoms with Crippen LogP contribution in [0, 0.1) is 11.8 Å². The van der Waals surface area contributed by atoms with Crippen molar-refractivity contribution in [1.82, 2.24) is 0 Å². The van der Waals surface area contributed by atoms with E-state index in [0.29, 0.717) is 12.6 Å². The fourth-order valence-electron chi connectivity index (χ4n) is 3.23. The first kappa shape index (κ1) is 16.0. The van der Waals surface area contributed by atoms with Crippen molar-refractivity contribution in [3.05, 3.63) is 18.2 Å². The molecule has 1 aromatic rings. The minimum absolute atomic E-state index is 0.578. The molecule has 0 amide bonds. The third-order valence-corrected chi connectivity index (χ3v) is 4.49. The number of nitrogens with one attached hydrogen (secondary N) is 1.